The average molecular weight is 126 g/mol. The second-order valence-corrected chi connectivity index (χ2v) is 3.27. The number of rotatable bonds is 1. The van der Waals surface area contributed by atoms with Crippen LogP contribution in [0.2, 0.25) is 0 Å². The summed E-state index contributed by atoms with van der Waals surface area (Å²) in [6.45, 7) is 3.67. The molecule has 0 nitrogen and oxygen atoms in total. The van der Waals surface area contributed by atoms with Crippen molar-refractivity contribution >= 4 is 36.8 Å². The van der Waals surface area contributed by atoms with Gasteiger partial charge in [-0.25, -0.2) is 0 Å². The van der Waals surface area contributed by atoms with Crippen LogP contribution >= 0.6 is 0 Å². The molecule has 1 heteroatoms. The number of hydrogen-bond acceptors (Lipinski definition) is 0. The molecule has 0 saturated carbocycles. The van der Waals surface area contributed by atoms with Gasteiger partial charge in [0.1, 0.15) is 0 Å². The zero-order valence-corrected chi connectivity index (χ0v) is 7.59. The van der Waals surface area contributed by atoms with Gasteiger partial charge in [0, 0.05) is 0 Å². The molecule has 0 amide bonds. The Bertz CT molecular complexity index is 198. The van der Waals surface area contributed by atoms with Crippen molar-refractivity contribution < 1.29 is 0 Å². The summed E-state index contributed by atoms with van der Waals surface area (Å²) < 4.78 is 1.43. The van der Waals surface area contributed by atoms with E-state index in [0.29, 0.717) is 0 Å². The van der Waals surface area contributed by atoms with Crippen molar-refractivity contribution in [2.75, 3.05) is 0 Å². The van der Waals surface area contributed by atoms with E-state index in [1.165, 1.54) is 8.38 Å². The summed E-state index contributed by atoms with van der Waals surface area (Å²) >= 11 is 1.14. The van der Waals surface area contributed by atoms with E-state index in [2.05, 4.69) is 30.8 Å². The summed E-state index contributed by atoms with van der Waals surface area (Å²) in [5.74, 6) is 0. The van der Waals surface area contributed by atoms with Crippen LogP contribution in [0.3, 0.4) is 0 Å². The van der Waals surface area contributed by atoms with Crippen LogP contribution < -0.4 is 2.81 Å². The van der Waals surface area contributed by atoms with Gasteiger partial charge in [0.15, 0.2) is 0 Å². The first-order valence-corrected chi connectivity index (χ1v) is 4.02. The van der Waals surface area contributed by atoms with Crippen molar-refractivity contribution in [1.29, 1.82) is 0 Å². The van der Waals surface area contributed by atoms with E-state index >= 15 is 0 Å². The van der Waals surface area contributed by atoms with Crippen molar-refractivity contribution in [3.8, 4) is 0 Å². The first-order valence-electron chi connectivity index (χ1n) is 3.02. The van der Waals surface area contributed by atoms with Crippen LogP contribution in [0, 0.1) is 0 Å². The zero-order chi connectivity index (χ0) is 6.69. The molecule has 0 aromatic heterocycles. The molecule has 0 N–H and O–H groups in total. The van der Waals surface area contributed by atoms with Gasteiger partial charge in [-0.15, -0.1) is 0 Å². The fourth-order valence-electron chi connectivity index (χ4n) is 0.703. The van der Waals surface area contributed by atoms with Crippen LogP contribution in [-0.4, -0.2) is 27.9 Å². The third-order valence-electron chi connectivity index (χ3n) is 1.31. The number of benzene rings is 1. The Morgan fingerprint density at radius 3 is 2.22 bits per heavy atom. The molecule has 0 bridgehead atoms. The summed E-state index contributed by atoms with van der Waals surface area (Å²) in [7, 11) is 0. The van der Waals surface area contributed by atoms with E-state index < -0.39 is 0 Å². The van der Waals surface area contributed by atoms with Gasteiger partial charge in [-0.2, -0.15) is 0 Å². The molecule has 1 aromatic rings. The Kier molecular flexibility index (Phi) is 2.52. The van der Waals surface area contributed by atoms with Crippen molar-refractivity contribution in [2.24, 2.45) is 0 Å². The molecule has 0 radical (unpaired) electrons. The van der Waals surface area contributed by atoms with E-state index in [-0.39, 0.29) is 0 Å². The predicted octanol–water partition coefficient (Wildman–Crippen LogP) is 1.12. The molecule has 1 aromatic carbocycles. The molecular formula is C8H7Na. The number of hydrogen-bond donors (Lipinski definition) is 0. The van der Waals surface area contributed by atoms with Gasteiger partial charge in [-0.05, 0) is 0 Å². The summed E-state index contributed by atoms with van der Waals surface area (Å²) in [6, 6.07) is 8.47. The van der Waals surface area contributed by atoms with Crippen molar-refractivity contribution in [2.45, 2.75) is 0 Å². The van der Waals surface area contributed by atoms with Crippen LogP contribution in [-0.2, 0) is 0 Å². The van der Waals surface area contributed by atoms with Gasteiger partial charge < -0.3 is 0 Å². The first-order chi connectivity index (χ1) is 4.33. The molecule has 0 aliphatic heterocycles. The SMILES string of the molecule is C=Cc1cc[c]([Na])cc1. The second-order valence-electron chi connectivity index (χ2n) is 2.11. The van der Waals surface area contributed by atoms with Crippen molar-refractivity contribution in [3.63, 3.8) is 0 Å². The molecule has 0 fully saturated rings. The Morgan fingerprint density at radius 2 is 1.78 bits per heavy atom. The molecule has 40 valence electrons. The van der Waals surface area contributed by atoms with Crippen LogP contribution in [0.25, 0.3) is 6.08 Å². The topological polar surface area (TPSA) is 0 Å². The van der Waals surface area contributed by atoms with Gasteiger partial charge in [0.2, 0.25) is 0 Å². The molecule has 0 saturated heterocycles. The third-order valence-corrected chi connectivity index (χ3v) is 1.98. The first kappa shape index (κ1) is 7.07. The van der Waals surface area contributed by atoms with Crippen molar-refractivity contribution in [3.05, 3.63) is 36.4 Å². The molecule has 0 unspecified atom stereocenters. The molecule has 0 aliphatic carbocycles. The van der Waals surface area contributed by atoms with Gasteiger partial charge in [0.25, 0.3) is 0 Å². The fraction of sp³-hybridized carbons (Fsp3) is 0. The van der Waals surface area contributed by atoms with E-state index in [1.807, 2.05) is 6.08 Å². The Balaban J connectivity index is 3.01. The van der Waals surface area contributed by atoms with Crippen LogP contribution in [0.15, 0.2) is 30.8 Å². The van der Waals surface area contributed by atoms with Crippen LogP contribution in [0.5, 0.6) is 0 Å². The monoisotopic (exact) mass is 126 g/mol. The normalized spacial score (nSPS) is 9.11. The van der Waals surface area contributed by atoms with E-state index in [4.69, 9.17) is 0 Å². The summed E-state index contributed by atoms with van der Waals surface area (Å²) in [5, 5.41) is 0. The van der Waals surface area contributed by atoms with Gasteiger partial charge in [-0.1, -0.05) is 0 Å². The molecule has 0 aliphatic rings. The average Bonchev–Trinajstić information content (AvgIpc) is 1.90. The minimum atomic E-state index is 1.14. The minimum absolute atomic E-state index is 1.14. The second kappa shape index (κ2) is 3.21. The summed E-state index contributed by atoms with van der Waals surface area (Å²) in [5.41, 5.74) is 1.20. The molecule has 0 atom stereocenters. The van der Waals surface area contributed by atoms with Crippen LogP contribution in [0.1, 0.15) is 5.56 Å². The summed E-state index contributed by atoms with van der Waals surface area (Å²) in [4.78, 5) is 0. The molecule has 1 rings (SSSR count). The van der Waals surface area contributed by atoms with E-state index in [9.17, 15) is 0 Å². The van der Waals surface area contributed by atoms with E-state index in [1.54, 1.807) is 0 Å². The Labute approximate surface area is 73.0 Å². The standard InChI is InChI=1S/C8H7.Na/c1-2-8-6-4-3-5-7-8;/h2,4-7H,1H2;. The fourth-order valence-corrected chi connectivity index (χ4v) is 1.04. The Hall–Kier alpha value is -0.0400. The molecule has 0 spiro atoms. The predicted molar refractivity (Wildman–Crippen MR) is 41.9 cm³/mol. The van der Waals surface area contributed by atoms with Gasteiger partial charge in [-0.3, -0.25) is 0 Å². The molecule has 0 heterocycles. The third kappa shape index (κ3) is 1.98. The van der Waals surface area contributed by atoms with E-state index in [0.717, 1.165) is 27.9 Å². The quantitative estimate of drug-likeness (QED) is 0.495. The van der Waals surface area contributed by atoms with Gasteiger partial charge in [0.05, 0.1) is 0 Å². The van der Waals surface area contributed by atoms with Crippen LogP contribution in [0.4, 0.5) is 0 Å². The summed E-state index contributed by atoms with van der Waals surface area (Å²) in [6.07, 6.45) is 1.86. The van der Waals surface area contributed by atoms with Crippen molar-refractivity contribution in [1.82, 2.24) is 0 Å². The maximum atomic E-state index is 3.67. The maximum absolute atomic E-state index is 3.67. The molecule has 9 heavy (non-hydrogen) atoms. The Morgan fingerprint density at radius 1 is 1.22 bits per heavy atom. The zero-order valence-electron chi connectivity index (χ0n) is 5.59. The molecular weight excluding hydrogens is 119 g/mol. The van der Waals surface area contributed by atoms with Gasteiger partial charge >= 0.3 is 73.2 Å².